The van der Waals surface area contributed by atoms with E-state index in [-0.39, 0.29) is 0 Å². The van der Waals surface area contributed by atoms with Crippen LogP contribution < -0.4 is 5.73 Å². The summed E-state index contributed by atoms with van der Waals surface area (Å²) in [7, 11) is 2.18. The van der Waals surface area contributed by atoms with Gasteiger partial charge in [-0.25, -0.2) is 0 Å². The molecule has 1 aromatic heterocycles. The highest BCUT2D eigenvalue weighted by Gasteiger charge is 2.00. The van der Waals surface area contributed by atoms with Crippen LogP contribution in [-0.4, -0.2) is 30.0 Å². The Hall–Kier alpha value is -1.87. The van der Waals surface area contributed by atoms with Crippen molar-refractivity contribution in [3.05, 3.63) is 59.9 Å². The van der Waals surface area contributed by atoms with Crippen LogP contribution in [0, 0.1) is 0 Å². The average molecular weight is 269 g/mol. The summed E-state index contributed by atoms with van der Waals surface area (Å²) >= 11 is 0. The molecular formula is C17H23N3. The molecule has 0 saturated carbocycles. The molecule has 0 aliphatic rings. The predicted molar refractivity (Wildman–Crippen MR) is 84.6 cm³/mol. The normalized spacial score (nSPS) is 10.9. The highest BCUT2D eigenvalue weighted by molar-refractivity contribution is 5.40. The Kier molecular flexibility index (Phi) is 5.56. The van der Waals surface area contributed by atoms with E-state index in [1.807, 2.05) is 24.5 Å². The molecule has 0 amide bonds. The molecule has 2 aromatic rings. The van der Waals surface area contributed by atoms with E-state index in [9.17, 15) is 0 Å². The Morgan fingerprint density at radius 1 is 1.00 bits per heavy atom. The molecule has 1 aromatic carbocycles. The maximum Gasteiger partial charge on any atom is 0.0316 e. The lowest BCUT2D eigenvalue weighted by atomic mass is 10.1. The van der Waals surface area contributed by atoms with Gasteiger partial charge in [0.05, 0.1) is 0 Å². The number of nitrogens with two attached hydrogens (primary N) is 1. The number of hydrogen-bond acceptors (Lipinski definition) is 3. The quantitative estimate of drug-likeness (QED) is 0.786. The molecule has 2 rings (SSSR count). The van der Waals surface area contributed by atoms with E-state index in [4.69, 9.17) is 5.73 Å². The van der Waals surface area contributed by atoms with Gasteiger partial charge < -0.3 is 10.6 Å². The molecule has 0 atom stereocenters. The third-order valence-corrected chi connectivity index (χ3v) is 3.49. The minimum absolute atomic E-state index is 0.855. The molecule has 20 heavy (non-hydrogen) atoms. The summed E-state index contributed by atoms with van der Waals surface area (Å²) in [5, 5.41) is 0. The number of benzene rings is 1. The van der Waals surface area contributed by atoms with Gasteiger partial charge >= 0.3 is 0 Å². The van der Waals surface area contributed by atoms with Gasteiger partial charge in [0.1, 0.15) is 0 Å². The molecule has 0 unspecified atom stereocenters. The molecule has 1 heterocycles. The van der Waals surface area contributed by atoms with Crippen molar-refractivity contribution in [2.45, 2.75) is 19.3 Å². The van der Waals surface area contributed by atoms with E-state index in [1.165, 1.54) is 11.1 Å². The number of rotatable bonds is 7. The molecule has 106 valence electrons. The van der Waals surface area contributed by atoms with Gasteiger partial charge in [-0.15, -0.1) is 0 Å². The lowest BCUT2D eigenvalue weighted by Gasteiger charge is -2.16. The standard InChI is InChI=1S/C17H23N3/c1-20(13-9-15-7-10-19-11-8-15)12-3-5-16-4-2-6-17(18)14-16/h2,4,6-8,10-11,14H,3,5,9,12-13,18H2,1H3. The molecule has 0 bridgehead atoms. The molecule has 2 N–H and O–H groups in total. The van der Waals surface area contributed by atoms with Crippen LogP contribution in [-0.2, 0) is 12.8 Å². The van der Waals surface area contributed by atoms with Crippen molar-refractivity contribution < 1.29 is 0 Å². The number of likely N-dealkylation sites (N-methyl/N-ethyl adjacent to an activating group) is 1. The second-order valence-corrected chi connectivity index (χ2v) is 5.26. The van der Waals surface area contributed by atoms with Crippen molar-refractivity contribution in [2.24, 2.45) is 0 Å². The fraction of sp³-hybridized carbons (Fsp3) is 0.353. The molecule has 3 heteroatoms. The summed E-state index contributed by atoms with van der Waals surface area (Å²) in [5.41, 5.74) is 9.32. The van der Waals surface area contributed by atoms with Crippen LogP contribution in [0.5, 0.6) is 0 Å². The summed E-state index contributed by atoms with van der Waals surface area (Å²) in [6, 6.07) is 12.3. The lowest BCUT2D eigenvalue weighted by molar-refractivity contribution is 0.333. The van der Waals surface area contributed by atoms with Crippen LogP contribution in [0.3, 0.4) is 0 Å². The van der Waals surface area contributed by atoms with E-state index in [1.54, 1.807) is 0 Å². The topological polar surface area (TPSA) is 42.1 Å². The Morgan fingerprint density at radius 3 is 2.55 bits per heavy atom. The molecule has 0 aliphatic carbocycles. The van der Waals surface area contributed by atoms with Crippen LogP contribution in [0.25, 0.3) is 0 Å². The van der Waals surface area contributed by atoms with Crippen LogP contribution in [0.4, 0.5) is 5.69 Å². The number of nitrogens with zero attached hydrogens (tertiary/aromatic N) is 2. The lowest BCUT2D eigenvalue weighted by Crippen LogP contribution is -2.22. The maximum absolute atomic E-state index is 5.79. The average Bonchev–Trinajstić information content (AvgIpc) is 2.46. The van der Waals surface area contributed by atoms with Crippen LogP contribution >= 0.6 is 0 Å². The van der Waals surface area contributed by atoms with Gasteiger partial charge in [-0.1, -0.05) is 12.1 Å². The minimum Gasteiger partial charge on any atom is -0.399 e. The zero-order valence-electron chi connectivity index (χ0n) is 12.1. The minimum atomic E-state index is 0.855. The Morgan fingerprint density at radius 2 is 1.80 bits per heavy atom. The first-order chi connectivity index (χ1) is 9.74. The van der Waals surface area contributed by atoms with Gasteiger partial charge in [0, 0.05) is 24.6 Å². The molecule has 0 spiro atoms. The van der Waals surface area contributed by atoms with Crippen molar-refractivity contribution >= 4 is 5.69 Å². The van der Waals surface area contributed by atoms with E-state index < -0.39 is 0 Å². The monoisotopic (exact) mass is 269 g/mol. The van der Waals surface area contributed by atoms with Crippen molar-refractivity contribution in [2.75, 3.05) is 25.9 Å². The fourth-order valence-corrected chi connectivity index (χ4v) is 2.28. The fourth-order valence-electron chi connectivity index (χ4n) is 2.28. The van der Waals surface area contributed by atoms with Crippen LogP contribution in [0.2, 0.25) is 0 Å². The third-order valence-electron chi connectivity index (χ3n) is 3.49. The first-order valence-corrected chi connectivity index (χ1v) is 7.16. The summed E-state index contributed by atoms with van der Waals surface area (Å²) in [4.78, 5) is 6.42. The highest BCUT2D eigenvalue weighted by Crippen LogP contribution is 2.09. The smallest absolute Gasteiger partial charge is 0.0316 e. The van der Waals surface area contributed by atoms with Crippen molar-refractivity contribution in [3.63, 3.8) is 0 Å². The van der Waals surface area contributed by atoms with Crippen LogP contribution in [0.15, 0.2) is 48.8 Å². The first kappa shape index (κ1) is 14.5. The number of anilines is 1. The van der Waals surface area contributed by atoms with Gasteiger partial charge in [-0.2, -0.15) is 0 Å². The van der Waals surface area contributed by atoms with Crippen molar-refractivity contribution in [3.8, 4) is 0 Å². The summed E-state index contributed by atoms with van der Waals surface area (Å²) in [6.45, 7) is 2.20. The van der Waals surface area contributed by atoms with Gasteiger partial charge in [0.25, 0.3) is 0 Å². The maximum atomic E-state index is 5.79. The Balaban J connectivity index is 1.66. The summed E-state index contributed by atoms with van der Waals surface area (Å²) in [5.74, 6) is 0. The van der Waals surface area contributed by atoms with E-state index >= 15 is 0 Å². The first-order valence-electron chi connectivity index (χ1n) is 7.16. The zero-order valence-corrected chi connectivity index (χ0v) is 12.1. The van der Waals surface area contributed by atoms with Crippen molar-refractivity contribution in [1.82, 2.24) is 9.88 Å². The molecule has 0 saturated heterocycles. The highest BCUT2D eigenvalue weighted by atomic mass is 15.1. The van der Waals surface area contributed by atoms with Crippen LogP contribution in [0.1, 0.15) is 17.5 Å². The van der Waals surface area contributed by atoms with E-state index in [0.717, 1.165) is 38.0 Å². The number of hydrogen-bond donors (Lipinski definition) is 1. The molecule has 0 aliphatic heterocycles. The number of aromatic nitrogens is 1. The molecule has 3 nitrogen and oxygen atoms in total. The van der Waals surface area contributed by atoms with Gasteiger partial charge in [-0.3, -0.25) is 4.98 Å². The molecule has 0 radical (unpaired) electrons. The second-order valence-electron chi connectivity index (χ2n) is 5.26. The largest absolute Gasteiger partial charge is 0.399 e. The number of nitrogen functional groups attached to an aromatic ring is 1. The predicted octanol–water partition coefficient (Wildman–Crippen LogP) is 2.77. The Labute approximate surface area is 121 Å². The number of pyridine rings is 1. The second kappa shape index (κ2) is 7.65. The van der Waals surface area contributed by atoms with E-state index in [0.29, 0.717) is 0 Å². The van der Waals surface area contributed by atoms with E-state index in [2.05, 4.69) is 41.2 Å². The zero-order chi connectivity index (χ0) is 14.2. The Bertz CT molecular complexity index is 511. The SMILES string of the molecule is CN(CCCc1cccc(N)c1)CCc1ccncc1. The number of aryl methyl sites for hydroxylation is 1. The van der Waals surface area contributed by atoms with Gasteiger partial charge in [0.15, 0.2) is 0 Å². The third kappa shape index (κ3) is 5.02. The molecular weight excluding hydrogens is 246 g/mol. The van der Waals surface area contributed by atoms with Gasteiger partial charge in [-0.05, 0) is 68.2 Å². The van der Waals surface area contributed by atoms with Gasteiger partial charge in [0.2, 0.25) is 0 Å². The molecule has 0 fully saturated rings. The summed E-state index contributed by atoms with van der Waals surface area (Å²) in [6.07, 6.45) is 7.04. The summed E-state index contributed by atoms with van der Waals surface area (Å²) < 4.78 is 0. The van der Waals surface area contributed by atoms with Crippen molar-refractivity contribution in [1.29, 1.82) is 0 Å².